The molecule has 29 heavy (non-hydrogen) atoms. The fourth-order valence-corrected chi connectivity index (χ4v) is 3.34. The van der Waals surface area contributed by atoms with Crippen LogP contribution in [-0.2, 0) is 4.79 Å². The molecule has 0 amide bonds. The maximum absolute atomic E-state index is 13.0. The van der Waals surface area contributed by atoms with Gasteiger partial charge < -0.3 is 9.47 Å². The number of carbonyl (C=O) groups is 1. The lowest BCUT2D eigenvalue weighted by molar-refractivity contribution is -0.112. The van der Waals surface area contributed by atoms with Crippen LogP contribution >= 0.6 is 0 Å². The van der Waals surface area contributed by atoms with E-state index in [-0.39, 0.29) is 5.78 Å². The standard InChI is InChI=1S/C26H30O3/c1-3-16-28-24-12-8-20(9-13-24)18-22-6-5-7-23(26(22)27)19-21-10-14-25(15-11-21)29-17-4-2/h8-15,18-19H,3-7,16-17H2,1-2H3. The number of hydrogen-bond acceptors (Lipinski definition) is 3. The smallest absolute Gasteiger partial charge is 0.185 e. The van der Waals surface area contributed by atoms with Crippen LogP contribution in [0.25, 0.3) is 12.2 Å². The lowest BCUT2D eigenvalue weighted by Gasteiger charge is -2.17. The highest BCUT2D eigenvalue weighted by molar-refractivity contribution is 6.13. The van der Waals surface area contributed by atoms with Crippen LogP contribution in [0, 0.1) is 0 Å². The van der Waals surface area contributed by atoms with Crippen LogP contribution < -0.4 is 9.47 Å². The molecule has 1 aliphatic carbocycles. The van der Waals surface area contributed by atoms with Gasteiger partial charge in [0.05, 0.1) is 13.2 Å². The number of ether oxygens (including phenoxy) is 2. The van der Waals surface area contributed by atoms with Crippen LogP contribution in [0.2, 0.25) is 0 Å². The van der Waals surface area contributed by atoms with Crippen molar-refractivity contribution in [2.24, 2.45) is 0 Å². The predicted octanol–water partition coefficient (Wildman–Crippen LogP) is 6.48. The average molecular weight is 391 g/mol. The Morgan fingerprint density at radius 1 is 0.724 bits per heavy atom. The third-order valence-corrected chi connectivity index (χ3v) is 4.86. The van der Waals surface area contributed by atoms with Crippen molar-refractivity contribution < 1.29 is 14.3 Å². The van der Waals surface area contributed by atoms with E-state index in [1.54, 1.807) is 0 Å². The zero-order chi connectivity index (χ0) is 20.5. The maximum atomic E-state index is 13.0. The second-order valence-corrected chi connectivity index (χ2v) is 7.36. The van der Waals surface area contributed by atoms with Crippen LogP contribution in [0.15, 0.2) is 59.7 Å². The normalized spacial score (nSPS) is 17.0. The molecule has 0 heterocycles. The van der Waals surface area contributed by atoms with E-state index in [1.807, 2.05) is 60.7 Å². The highest BCUT2D eigenvalue weighted by Crippen LogP contribution is 2.28. The van der Waals surface area contributed by atoms with E-state index in [2.05, 4.69) is 13.8 Å². The third-order valence-electron chi connectivity index (χ3n) is 4.86. The van der Waals surface area contributed by atoms with Crippen molar-refractivity contribution in [3.63, 3.8) is 0 Å². The van der Waals surface area contributed by atoms with Gasteiger partial charge in [-0.1, -0.05) is 38.1 Å². The Labute approximate surface area is 174 Å². The zero-order valence-electron chi connectivity index (χ0n) is 17.4. The highest BCUT2D eigenvalue weighted by Gasteiger charge is 2.20. The van der Waals surface area contributed by atoms with Crippen molar-refractivity contribution in [2.75, 3.05) is 13.2 Å². The number of benzene rings is 2. The Kier molecular flexibility index (Phi) is 7.69. The molecule has 3 rings (SSSR count). The van der Waals surface area contributed by atoms with Gasteiger partial charge in [0.1, 0.15) is 11.5 Å². The second-order valence-electron chi connectivity index (χ2n) is 7.36. The molecule has 0 saturated heterocycles. The molecule has 152 valence electrons. The van der Waals surface area contributed by atoms with Crippen LogP contribution in [0.5, 0.6) is 11.5 Å². The van der Waals surface area contributed by atoms with Crippen molar-refractivity contribution in [2.45, 2.75) is 46.0 Å². The Balaban J connectivity index is 1.70. The Bertz CT molecular complexity index is 786. The number of ketones is 1. The quantitative estimate of drug-likeness (QED) is 0.484. The first-order chi connectivity index (χ1) is 14.2. The van der Waals surface area contributed by atoms with Crippen molar-refractivity contribution in [3.05, 3.63) is 70.8 Å². The Morgan fingerprint density at radius 2 is 1.14 bits per heavy atom. The van der Waals surface area contributed by atoms with Crippen LogP contribution in [-0.4, -0.2) is 19.0 Å². The third kappa shape index (κ3) is 6.08. The van der Waals surface area contributed by atoms with E-state index < -0.39 is 0 Å². The van der Waals surface area contributed by atoms with Gasteiger partial charge in [-0.15, -0.1) is 0 Å². The van der Waals surface area contributed by atoms with E-state index in [0.717, 1.165) is 79.1 Å². The minimum atomic E-state index is 0.161. The predicted molar refractivity (Wildman–Crippen MR) is 119 cm³/mol. The molecule has 0 bridgehead atoms. The summed E-state index contributed by atoms with van der Waals surface area (Å²) in [5.74, 6) is 1.90. The maximum Gasteiger partial charge on any atom is 0.185 e. The molecule has 1 fully saturated rings. The van der Waals surface area contributed by atoms with Gasteiger partial charge in [0.2, 0.25) is 0 Å². The molecule has 2 aromatic rings. The number of carbonyl (C=O) groups excluding carboxylic acids is 1. The van der Waals surface area contributed by atoms with Crippen molar-refractivity contribution in [3.8, 4) is 11.5 Å². The van der Waals surface area contributed by atoms with E-state index in [1.165, 1.54) is 0 Å². The molecule has 0 spiro atoms. The molecular weight excluding hydrogens is 360 g/mol. The van der Waals surface area contributed by atoms with Crippen molar-refractivity contribution in [1.82, 2.24) is 0 Å². The molecule has 0 unspecified atom stereocenters. The summed E-state index contributed by atoms with van der Waals surface area (Å²) in [6, 6.07) is 15.9. The summed E-state index contributed by atoms with van der Waals surface area (Å²) >= 11 is 0. The van der Waals surface area contributed by atoms with E-state index in [4.69, 9.17) is 9.47 Å². The average Bonchev–Trinajstić information content (AvgIpc) is 2.75. The minimum Gasteiger partial charge on any atom is -0.494 e. The molecule has 3 nitrogen and oxygen atoms in total. The summed E-state index contributed by atoms with van der Waals surface area (Å²) in [6.07, 6.45) is 8.66. The largest absolute Gasteiger partial charge is 0.494 e. The number of rotatable bonds is 8. The number of hydrogen-bond donors (Lipinski definition) is 0. The molecule has 0 radical (unpaired) electrons. The fourth-order valence-electron chi connectivity index (χ4n) is 3.34. The molecule has 1 aliphatic rings. The van der Waals surface area contributed by atoms with Crippen LogP contribution in [0.1, 0.15) is 57.1 Å². The monoisotopic (exact) mass is 390 g/mol. The first-order valence-electron chi connectivity index (χ1n) is 10.6. The van der Waals surface area contributed by atoms with Crippen molar-refractivity contribution in [1.29, 1.82) is 0 Å². The summed E-state index contributed by atoms with van der Waals surface area (Å²) in [5.41, 5.74) is 3.84. The SMILES string of the molecule is CCCOc1ccc(C=C2CCCC(=Cc3ccc(OCCC)cc3)C2=O)cc1. The van der Waals surface area contributed by atoms with Gasteiger partial charge in [0.15, 0.2) is 5.78 Å². The summed E-state index contributed by atoms with van der Waals surface area (Å²) in [7, 11) is 0. The lowest BCUT2D eigenvalue weighted by Crippen LogP contribution is -2.12. The number of allylic oxidation sites excluding steroid dienone is 2. The summed E-state index contributed by atoms with van der Waals surface area (Å²) in [6.45, 7) is 5.62. The molecule has 0 atom stereocenters. The van der Waals surface area contributed by atoms with Crippen molar-refractivity contribution >= 4 is 17.9 Å². The molecule has 3 heteroatoms. The number of Topliss-reactive ketones (excluding diaryl/α,β-unsaturated/α-hetero) is 1. The van der Waals surface area contributed by atoms with Gasteiger partial charge in [-0.05, 0) is 79.6 Å². The highest BCUT2D eigenvalue weighted by atomic mass is 16.5. The van der Waals surface area contributed by atoms with E-state index >= 15 is 0 Å². The Morgan fingerprint density at radius 3 is 1.52 bits per heavy atom. The van der Waals surface area contributed by atoms with Crippen LogP contribution in [0.3, 0.4) is 0 Å². The lowest BCUT2D eigenvalue weighted by atomic mass is 9.87. The van der Waals surface area contributed by atoms with Crippen LogP contribution in [0.4, 0.5) is 0 Å². The van der Waals surface area contributed by atoms with Gasteiger partial charge in [0, 0.05) is 11.1 Å². The zero-order valence-corrected chi connectivity index (χ0v) is 17.4. The topological polar surface area (TPSA) is 35.5 Å². The summed E-state index contributed by atoms with van der Waals surface area (Å²) in [5, 5.41) is 0. The van der Waals surface area contributed by atoms with Gasteiger partial charge >= 0.3 is 0 Å². The molecule has 0 aromatic heterocycles. The van der Waals surface area contributed by atoms with Gasteiger partial charge in [0.25, 0.3) is 0 Å². The molecule has 2 aromatic carbocycles. The Hall–Kier alpha value is -2.81. The molecule has 0 N–H and O–H groups in total. The van der Waals surface area contributed by atoms with E-state index in [0.29, 0.717) is 0 Å². The first-order valence-corrected chi connectivity index (χ1v) is 10.6. The van der Waals surface area contributed by atoms with Gasteiger partial charge in [-0.3, -0.25) is 4.79 Å². The summed E-state index contributed by atoms with van der Waals surface area (Å²) < 4.78 is 11.3. The molecular formula is C26H30O3. The fraction of sp³-hybridized carbons (Fsp3) is 0.346. The van der Waals surface area contributed by atoms with Gasteiger partial charge in [-0.2, -0.15) is 0 Å². The minimum absolute atomic E-state index is 0.161. The first kappa shape index (κ1) is 20.9. The molecule has 0 aliphatic heterocycles. The van der Waals surface area contributed by atoms with E-state index in [9.17, 15) is 4.79 Å². The summed E-state index contributed by atoms with van der Waals surface area (Å²) in [4.78, 5) is 13.0. The van der Waals surface area contributed by atoms with Gasteiger partial charge in [-0.25, -0.2) is 0 Å². The second kappa shape index (κ2) is 10.7. The molecule has 1 saturated carbocycles.